The summed E-state index contributed by atoms with van der Waals surface area (Å²) in [5.74, 6) is 0. The van der Waals surface area contributed by atoms with Gasteiger partial charge in [-0.3, -0.25) is 0 Å². The first kappa shape index (κ1) is 12.9. The van der Waals surface area contributed by atoms with Gasteiger partial charge in [0.15, 0.2) is 0 Å². The minimum absolute atomic E-state index is 0.0393. The van der Waals surface area contributed by atoms with Crippen LogP contribution in [0, 0.1) is 13.8 Å². The summed E-state index contributed by atoms with van der Waals surface area (Å²) in [5.41, 5.74) is 3.65. The molecule has 0 atom stereocenters. The first-order chi connectivity index (χ1) is 8.66. The summed E-state index contributed by atoms with van der Waals surface area (Å²) in [4.78, 5) is 13.8. The highest BCUT2D eigenvalue weighted by Gasteiger charge is 2.15. The van der Waals surface area contributed by atoms with Crippen molar-refractivity contribution < 1.29 is 4.79 Å². The van der Waals surface area contributed by atoms with Gasteiger partial charge in [-0.25, -0.2) is 4.79 Å². The number of carbonyl (C=O) groups is 1. The van der Waals surface area contributed by atoms with Gasteiger partial charge in [0.2, 0.25) is 0 Å². The highest BCUT2D eigenvalue weighted by Crippen LogP contribution is 2.10. The van der Waals surface area contributed by atoms with Crippen LogP contribution in [-0.4, -0.2) is 37.1 Å². The molecular weight excluding hydrogens is 226 g/mol. The molecule has 2 amide bonds. The number of nitrogens with zero attached hydrogens (tertiary/aromatic N) is 1. The molecule has 0 aliphatic carbocycles. The summed E-state index contributed by atoms with van der Waals surface area (Å²) in [5, 5.41) is 6.23. The molecule has 0 unspecified atom stereocenters. The minimum Gasteiger partial charge on any atom is -0.334 e. The van der Waals surface area contributed by atoms with Crippen LogP contribution >= 0.6 is 0 Å². The van der Waals surface area contributed by atoms with Crippen LogP contribution in [0.15, 0.2) is 18.2 Å². The summed E-state index contributed by atoms with van der Waals surface area (Å²) >= 11 is 0. The van der Waals surface area contributed by atoms with Gasteiger partial charge in [0, 0.05) is 32.7 Å². The topological polar surface area (TPSA) is 44.4 Å². The third-order valence-corrected chi connectivity index (χ3v) is 3.34. The van der Waals surface area contributed by atoms with E-state index in [-0.39, 0.29) is 6.03 Å². The van der Waals surface area contributed by atoms with Crippen molar-refractivity contribution in [2.75, 3.05) is 26.2 Å². The zero-order valence-electron chi connectivity index (χ0n) is 11.1. The van der Waals surface area contributed by atoms with Gasteiger partial charge in [0.25, 0.3) is 0 Å². The van der Waals surface area contributed by atoms with Gasteiger partial charge in [-0.1, -0.05) is 23.8 Å². The maximum absolute atomic E-state index is 12.0. The summed E-state index contributed by atoms with van der Waals surface area (Å²) in [6.07, 6.45) is 0. The van der Waals surface area contributed by atoms with Crippen LogP contribution in [0.2, 0.25) is 0 Å². The molecule has 0 aromatic heterocycles. The van der Waals surface area contributed by atoms with E-state index in [9.17, 15) is 4.79 Å². The molecule has 1 fully saturated rings. The molecule has 1 saturated heterocycles. The van der Waals surface area contributed by atoms with Crippen molar-refractivity contribution in [3.63, 3.8) is 0 Å². The van der Waals surface area contributed by atoms with Crippen LogP contribution < -0.4 is 10.6 Å². The van der Waals surface area contributed by atoms with E-state index in [0.717, 1.165) is 26.2 Å². The van der Waals surface area contributed by atoms with Crippen LogP contribution in [-0.2, 0) is 6.54 Å². The van der Waals surface area contributed by atoms with Gasteiger partial charge < -0.3 is 15.5 Å². The van der Waals surface area contributed by atoms with Crippen LogP contribution in [0.3, 0.4) is 0 Å². The quantitative estimate of drug-likeness (QED) is 0.830. The molecule has 1 heterocycles. The van der Waals surface area contributed by atoms with Crippen molar-refractivity contribution in [2.45, 2.75) is 20.4 Å². The maximum Gasteiger partial charge on any atom is 0.317 e. The van der Waals surface area contributed by atoms with Gasteiger partial charge in [0.05, 0.1) is 0 Å². The molecule has 98 valence electrons. The molecule has 1 aromatic carbocycles. The van der Waals surface area contributed by atoms with E-state index in [1.807, 2.05) is 4.90 Å². The molecule has 0 bridgehead atoms. The second kappa shape index (κ2) is 5.87. The second-order valence-corrected chi connectivity index (χ2v) is 4.83. The van der Waals surface area contributed by atoms with Crippen LogP contribution in [0.25, 0.3) is 0 Å². The van der Waals surface area contributed by atoms with Crippen LogP contribution in [0.4, 0.5) is 4.79 Å². The molecule has 4 heteroatoms. The Morgan fingerprint density at radius 1 is 1.33 bits per heavy atom. The SMILES string of the molecule is Cc1ccc(C)c(CNC(=O)N2CCNCC2)c1. The number of aryl methyl sites for hydroxylation is 2. The van der Waals surface area contributed by atoms with Crippen molar-refractivity contribution in [3.8, 4) is 0 Å². The monoisotopic (exact) mass is 247 g/mol. The standard InChI is InChI=1S/C14H21N3O/c1-11-3-4-12(2)13(9-11)10-16-14(18)17-7-5-15-6-8-17/h3-4,9,15H,5-8,10H2,1-2H3,(H,16,18). The van der Waals surface area contributed by atoms with Gasteiger partial charge in [-0.2, -0.15) is 0 Å². The molecule has 0 spiro atoms. The number of hydrogen-bond acceptors (Lipinski definition) is 2. The Morgan fingerprint density at radius 3 is 2.78 bits per heavy atom. The zero-order valence-corrected chi connectivity index (χ0v) is 11.1. The normalized spacial score (nSPS) is 15.6. The van der Waals surface area contributed by atoms with Crippen LogP contribution in [0.1, 0.15) is 16.7 Å². The number of nitrogens with one attached hydrogen (secondary N) is 2. The first-order valence-corrected chi connectivity index (χ1v) is 6.46. The van der Waals surface area contributed by atoms with E-state index >= 15 is 0 Å². The lowest BCUT2D eigenvalue weighted by Crippen LogP contribution is -2.50. The highest BCUT2D eigenvalue weighted by atomic mass is 16.2. The molecular formula is C14H21N3O. The first-order valence-electron chi connectivity index (χ1n) is 6.46. The van der Waals surface area contributed by atoms with Crippen molar-refractivity contribution in [1.82, 2.24) is 15.5 Å². The fourth-order valence-corrected chi connectivity index (χ4v) is 2.14. The predicted octanol–water partition coefficient (Wildman–Crippen LogP) is 1.42. The Labute approximate surface area is 108 Å². The third-order valence-electron chi connectivity index (χ3n) is 3.34. The molecule has 1 aliphatic rings. The van der Waals surface area contributed by atoms with E-state index in [0.29, 0.717) is 6.54 Å². The zero-order chi connectivity index (χ0) is 13.0. The highest BCUT2D eigenvalue weighted by molar-refractivity contribution is 5.74. The molecule has 0 saturated carbocycles. The number of benzene rings is 1. The Balaban J connectivity index is 1.90. The fraction of sp³-hybridized carbons (Fsp3) is 0.500. The summed E-state index contributed by atoms with van der Waals surface area (Å²) < 4.78 is 0. The summed E-state index contributed by atoms with van der Waals surface area (Å²) in [7, 11) is 0. The second-order valence-electron chi connectivity index (χ2n) is 4.83. The predicted molar refractivity (Wildman–Crippen MR) is 72.6 cm³/mol. The van der Waals surface area contributed by atoms with Gasteiger partial charge in [-0.05, 0) is 25.0 Å². The minimum atomic E-state index is 0.0393. The Hall–Kier alpha value is -1.55. The molecule has 2 rings (SSSR count). The van der Waals surface area contributed by atoms with Crippen molar-refractivity contribution >= 4 is 6.03 Å². The van der Waals surface area contributed by atoms with E-state index in [1.165, 1.54) is 16.7 Å². The average Bonchev–Trinajstić information content (AvgIpc) is 2.40. The lowest BCUT2D eigenvalue weighted by atomic mass is 10.1. The summed E-state index contributed by atoms with van der Waals surface area (Å²) in [6, 6.07) is 6.36. The Kier molecular flexibility index (Phi) is 4.20. The van der Waals surface area contributed by atoms with Crippen molar-refractivity contribution in [1.29, 1.82) is 0 Å². The van der Waals surface area contributed by atoms with E-state index in [4.69, 9.17) is 0 Å². The molecule has 4 nitrogen and oxygen atoms in total. The Morgan fingerprint density at radius 2 is 2.06 bits per heavy atom. The Bertz CT molecular complexity index is 425. The van der Waals surface area contributed by atoms with Gasteiger partial charge in [-0.15, -0.1) is 0 Å². The smallest absolute Gasteiger partial charge is 0.317 e. The lowest BCUT2D eigenvalue weighted by molar-refractivity contribution is 0.189. The van der Waals surface area contributed by atoms with Gasteiger partial charge >= 0.3 is 6.03 Å². The number of rotatable bonds is 2. The fourth-order valence-electron chi connectivity index (χ4n) is 2.14. The number of piperazine rings is 1. The van der Waals surface area contributed by atoms with E-state index in [1.54, 1.807) is 0 Å². The van der Waals surface area contributed by atoms with Crippen LogP contribution in [0.5, 0.6) is 0 Å². The number of hydrogen-bond donors (Lipinski definition) is 2. The number of amides is 2. The van der Waals surface area contributed by atoms with Crippen molar-refractivity contribution in [2.24, 2.45) is 0 Å². The molecule has 18 heavy (non-hydrogen) atoms. The number of urea groups is 1. The molecule has 0 radical (unpaired) electrons. The molecule has 1 aliphatic heterocycles. The molecule has 2 N–H and O–H groups in total. The van der Waals surface area contributed by atoms with E-state index in [2.05, 4.69) is 42.7 Å². The van der Waals surface area contributed by atoms with Crippen molar-refractivity contribution in [3.05, 3.63) is 34.9 Å². The average molecular weight is 247 g/mol. The van der Waals surface area contributed by atoms with Gasteiger partial charge in [0.1, 0.15) is 0 Å². The molecule has 1 aromatic rings. The maximum atomic E-state index is 12.0. The third kappa shape index (κ3) is 3.23. The number of carbonyl (C=O) groups excluding carboxylic acids is 1. The largest absolute Gasteiger partial charge is 0.334 e. The summed E-state index contributed by atoms with van der Waals surface area (Å²) in [6.45, 7) is 8.11. The van der Waals surface area contributed by atoms with E-state index < -0.39 is 0 Å². The lowest BCUT2D eigenvalue weighted by Gasteiger charge is -2.27.